The van der Waals surface area contributed by atoms with E-state index in [9.17, 15) is 24.8 Å². The minimum atomic E-state index is -0.765. The van der Waals surface area contributed by atoms with Crippen molar-refractivity contribution < 1.29 is 19.6 Å². The average Bonchev–Trinajstić information content (AvgIpc) is 2.45. The summed E-state index contributed by atoms with van der Waals surface area (Å²) in [7, 11) is 2.95. The molecule has 2 amide bonds. The highest BCUT2D eigenvalue weighted by Crippen LogP contribution is 2.30. The van der Waals surface area contributed by atoms with Gasteiger partial charge in [-0.25, -0.2) is 0 Å². The first-order valence-electron chi connectivity index (χ1n) is 6.23. The van der Waals surface area contributed by atoms with Crippen LogP contribution in [-0.2, 0) is 4.79 Å². The second-order valence-electron chi connectivity index (χ2n) is 4.63. The van der Waals surface area contributed by atoms with Gasteiger partial charge in [-0.3, -0.25) is 19.7 Å². The van der Waals surface area contributed by atoms with Crippen LogP contribution in [0, 0.1) is 16.0 Å². The minimum absolute atomic E-state index is 0.126. The van der Waals surface area contributed by atoms with Crippen molar-refractivity contribution >= 4 is 17.5 Å². The van der Waals surface area contributed by atoms with Gasteiger partial charge in [-0.15, -0.1) is 0 Å². The van der Waals surface area contributed by atoms with Gasteiger partial charge in [0.25, 0.3) is 5.91 Å². The van der Waals surface area contributed by atoms with E-state index in [-0.39, 0.29) is 18.0 Å². The predicted octanol–water partition coefficient (Wildman–Crippen LogP) is 0.754. The zero-order chi connectivity index (χ0) is 16.2. The van der Waals surface area contributed by atoms with E-state index in [1.165, 1.54) is 31.1 Å². The van der Waals surface area contributed by atoms with Crippen LogP contribution < -0.4 is 5.32 Å². The summed E-state index contributed by atoms with van der Waals surface area (Å²) in [6.45, 7) is 1.77. The van der Waals surface area contributed by atoms with E-state index >= 15 is 0 Å². The lowest BCUT2D eigenvalue weighted by Crippen LogP contribution is -2.37. The average molecular weight is 295 g/mol. The molecule has 8 heteroatoms. The van der Waals surface area contributed by atoms with Crippen molar-refractivity contribution in [1.82, 2.24) is 10.2 Å². The number of rotatable bonds is 5. The van der Waals surface area contributed by atoms with Crippen LogP contribution in [0.3, 0.4) is 0 Å². The first kappa shape index (κ1) is 16.4. The smallest absolute Gasteiger partial charge is 0.311 e. The van der Waals surface area contributed by atoms with E-state index in [2.05, 4.69) is 5.32 Å². The van der Waals surface area contributed by atoms with Crippen LogP contribution in [-0.4, -0.2) is 47.4 Å². The number of amides is 2. The van der Waals surface area contributed by atoms with Crippen molar-refractivity contribution in [2.24, 2.45) is 5.92 Å². The maximum absolute atomic E-state index is 12.2. The number of nitrogens with one attached hydrogen (secondary N) is 1. The molecule has 0 heterocycles. The topological polar surface area (TPSA) is 113 Å². The molecule has 1 atom stereocenters. The van der Waals surface area contributed by atoms with Gasteiger partial charge in [0, 0.05) is 26.7 Å². The number of carbonyl (C=O) groups is 2. The lowest BCUT2D eigenvalue weighted by atomic mass is 10.1. The monoisotopic (exact) mass is 295 g/mol. The summed E-state index contributed by atoms with van der Waals surface area (Å²) in [4.78, 5) is 34.8. The summed E-state index contributed by atoms with van der Waals surface area (Å²) in [6.07, 6.45) is 0. The second kappa shape index (κ2) is 6.69. The number of carbonyl (C=O) groups excluding carboxylic acids is 2. The first-order valence-corrected chi connectivity index (χ1v) is 6.23. The zero-order valence-corrected chi connectivity index (χ0v) is 12.0. The Balaban J connectivity index is 2.96. The van der Waals surface area contributed by atoms with Gasteiger partial charge in [0.2, 0.25) is 11.7 Å². The Morgan fingerprint density at radius 2 is 2.10 bits per heavy atom. The molecule has 114 valence electrons. The molecule has 8 nitrogen and oxygen atoms in total. The number of hydrogen-bond acceptors (Lipinski definition) is 5. The third-order valence-electron chi connectivity index (χ3n) is 3.03. The highest BCUT2D eigenvalue weighted by molar-refractivity contribution is 5.98. The first-order chi connectivity index (χ1) is 9.79. The fourth-order valence-corrected chi connectivity index (χ4v) is 1.88. The molecule has 0 saturated heterocycles. The number of nitrogens with zero attached hydrogens (tertiary/aromatic N) is 2. The molecule has 0 bridgehead atoms. The van der Waals surface area contributed by atoms with Gasteiger partial charge in [0.1, 0.15) is 0 Å². The van der Waals surface area contributed by atoms with E-state index in [4.69, 9.17) is 0 Å². The molecule has 0 saturated carbocycles. The van der Waals surface area contributed by atoms with Crippen molar-refractivity contribution in [1.29, 1.82) is 0 Å². The Morgan fingerprint density at radius 3 is 2.62 bits per heavy atom. The number of phenols is 1. The molecular weight excluding hydrogens is 278 g/mol. The summed E-state index contributed by atoms with van der Waals surface area (Å²) < 4.78 is 0. The SMILES string of the molecule is CNC(=O)C(C)CN(C)C(=O)c1cccc([N+](=O)[O-])c1O. The lowest BCUT2D eigenvalue weighted by molar-refractivity contribution is -0.385. The molecule has 0 aromatic heterocycles. The normalized spacial score (nSPS) is 11.6. The van der Waals surface area contributed by atoms with Gasteiger partial charge in [-0.1, -0.05) is 13.0 Å². The van der Waals surface area contributed by atoms with Gasteiger partial charge >= 0.3 is 5.69 Å². The molecule has 0 spiro atoms. The molecule has 0 aliphatic rings. The Kier molecular flexibility index (Phi) is 5.23. The van der Waals surface area contributed by atoms with Crippen LogP contribution in [0.4, 0.5) is 5.69 Å². The van der Waals surface area contributed by atoms with Crippen LogP contribution in [0.15, 0.2) is 18.2 Å². The molecule has 0 radical (unpaired) electrons. The maximum atomic E-state index is 12.2. The van der Waals surface area contributed by atoms with Gasteiger partial charge in [-0.2, -0.15) is 0 Å². The fraction of sp³-hybridized carbons (Fsp3) is 0.385. The molecule has 1 aromatic rings. The van der Waals surface area contributed by atoms with Crippen LogP contribution in [0.1, 0.15) is 17.3 Å². The molecule has 0 aliphatic carbocycles. The zero-order valence-electron chi connectivity index (χ0n) is 12.0. The van der Waals surface area contributed by atoms with Gasteiger partial charge < -0.3 is 15.3 Å². The van der Waals surface area contributed by atoms with Gasteiger partial charge in [-0.05, 0) is 6.07 Å². The van der Waals surface area contributed by atoms with E-state index in [1.807, 2.05) is 0 Å². The minimum Gasteiger partial charge on any atom is -0.502 e. The highest BCUT2D eigenvalue weighted by Gasteiger charge is 2.24. The van der Waals surface area contributed by atoms with Crippen molar-refractivity contribution in [2.75, 3.05) is 20.6 Å². The van der Waals surface area contributed by atoms with Crippen molar-refractivity contribution in [3.63, 3.8) is 0 Å². The quantitative estimate of drug-likeness (QED) is 0.615. The predicted molar refractivity (Wildman–Crippen MR) is 75.0 cm³/mol. The second-order valence-corrected chi connectivity index (χ2v) is 4.63. The molecular formula is C13H17N3O5. The molecule has 1 aromatic carbocycles. The Labute approximate surface area is 121 Å². The summed E-state index contributed by atoms with van der Waals surface area (Å²) >= 11 is 0. The van der Waals surface area contributed by atoms with Crippen LogP contribution >= 0.6 is 0 Å². The molecule has 0 fully saturated rings. The number of benzene rings is 1. The maximum Gasteiger partial charge on any atom is 0.311 e. The molecule has 0 aliphatic heterocycles. The molecule has 1 unspecified atom stereocenters. The van der Waals surface area contributed by atoms with Crippen LogP contribution in [0.25, 0.3) is 0 Å². The molecule has 1 rings (SSSR count). The Bertz CT molecular complexity index is 573. The van der Waals surface area contributed by atoms with E-state index in [1.54, 1.807) is 6.92 Å². The van der Waals surface area contributed by atoms with Crippen LogP contribution in [0.5, 0.6) is 5.75 Å². The fourth-order valence-electron chi connectivity index (χ4n) is 1.88. The number of nitro benzene ring substituents is 1. The van der Waals surface area contributed by atoms with Crippen molar-refractivity contribution in [2.45, 2.75) is 6.92 Å². The largest absolute Gasteiger partial charge is 0.502 e. The van der Waals surface area contributed by atoms with Gasteiger partial charge in [0.05, 0.1) is 16.4 Å². The summed E-state index contributed by atoms with van der Waals surface area (Å²) in [6, 6.07) is 3.73. The van der Waals surface area contributed by atoms with E-state index in [0.29, 0.717) is 0 Å². The number of phenolic OH excluding ortho intramolecular Hbond substituents is 1. The molecule has 21 heavy (non-hydrogen) atoms. The Hall–Kier alpha value is -2.64. The Morgan fingerprint density at radius 1 is 1.48 bits per heavy atom. The third-order valence-corrected chi connectivity index (χ3v) is 3.03. The summed E-state index contributed by atoms with van der Waals surface area (Å²) in [5.74, 6) is -1.93. The molecule has 2 N–H and O–H groups in total. The van der Waals surface area contributed by atoms with Gasteiger partial charge in [0.15, 0.2) is 0 Å². The number of aromatic hydroxyl groups is 1. The lowest BCUT2D eigenvalue weighted by Gasteiger charge is -2.21. The van der Waals surface area contributed by atoms with Crippen molar-refractivity contribution in [3.05, 3.63) is 33.9 Å². The number of hydrogen-bond donors (Lipinski definition) is 2. The third kappa shape index (κ3) is 3.68. The standard InChI is InChI=1S/C13H17N3O5/c1-8(12(18)14-2)7-15(3)13(19)9-5-4-6-10(11(9)17)16(20)21/h4-6,8,17H,7H2,1-3H3,(H,14,18). The van der Waals surface area contributed by atoms with E-state index in [0.717, 1.165) is 6.07 Å². The highest BCUT2D eigenvalue weighted by atomic mass is 16.6. The van der Waals surface area contributed by atoms with Crippen LogP contribution in [0.2, 0.25) is 0 Å². The number of para-hydroxylation sites is 1. The summed E-state index contributed by atoms with van der Waals surface area (Å²) in [5, 5.41) is 23.0. The number of nitro groups is 1. The van der Waals surface area contributed by atoms with E-state index < -0.39 is 28.2 Å². The summed E-state index contributed by atoms with van der Waals surface area (Å²) in [5.41, 5.74) is -0.704. The van der Waals surface area contributed by atoms with Crippen molar-refractivity contribution in [3.8, 4) is 5.75 Å².